The van der Waals surface area contributed by atoms with Crippen molar-refractivity contribution in [3.63, 3.8) is 0 Å². The van der Waals surface area contributed by atoms with E-state index in [9.17, 15) is 44.7 Å². The standard InChI is InChI=1S/C61H99N5O19/c1-16-45-61(12,75)52(69)36(6)47(63-79-25-22-65(17-2)18-3)34(4)29-59(10,74)53(84-57-50(68)44(64(13)14)26-35(5)80-57)37(7)51(38(8)56(72)82-45)83-46-30-60(11,76-15)54(39(9)81-46)85-58(73)62-21-24-77-23-19-20-40-27-41-32-78-33-66-31-43(55(70)71)49(67)42(28-40)48(41)66/h27-28,31,34-39,44-46,50-54,57,68-69,74-75H,16-26,29-30,32-33H2,1-15H3,(H,62,73)(H,70,71)/b63-47+/t34-,35+,36+,37+,38-,39+,44-,45-,46+,50+,51+,52-,53-,54+,57-,59-,60-,61-/m1/s1. The van der Waals surface area contributed by atoms with Gasteiger partial charge in [0.1, 0.15) is 42.3 Å². The van der Waals surface area contributed by atoms with Crippen LogP contribution >= 0.6 is 0 Å². The van der Waals surface area contributed by atoms with E-state index >= 15 is 0 Å². The number of cyclic esters (lactones) is 1. The topological polar surface area (TPSA) is 298 Å². The molecule has 1 aromatic carbocycles. The zero-order valence-corrected chi connectivity index (χ0v) is 52.7. The van der Waals surface area contributed by atoms with Crippen molar-refractivity contribution in [3.8, 4) is 0 Å². The summed E-state index contributed by atoms with van der Waals surface area (Å²) in [6, 6.07) is 3.30. The third-order valence-electron chi connectivity index (χ3n) is 17.9. The largest absolute Gasteiger partial charge is 0.477 e. The highest BCUT2D eigenvalue weighted by molar-refractivity contribution is 5.94. The van der Waals surface area contributed by atoms with Gasteiger partial charge in [0.05, 0.1) is 66.5 Å². The van der Waals surface area contributed by atoms with E-state index in [1.807, 2.05) is 52.8 Å². The van der Waals surface area contributed by atoms with E-state index in [2.05, 4.69) is 15.4 Å². The van der Waals surface area contributed by atoms with Crippen molar-refractivity contribution in [3.05, 3.63) is 45.2 Å². The van der Waals surface area contributed by atoms with Crippen LogP contribution in [0, 0.1) is 23.7 Å². The van der Waals surface area contributed by atoms with E-state index in [-0.39, 0.29) is 63.5 Å². The van der Waals surface area contributed by atoms with Crippen LogP contribution < -0.4 is 10.7 Å². The van der Waals surface area contributed by atoms with Crippen LogP contribution in [0.1, 0.15) is 137 Å². The number of aromatic carboxylic acids is 1. The molecule has 1 aromatic heterocycles. The number of aliphatic hydroxyl groups excluding tert-OH is 2. The fourth-order valence-electron chi connectivity index (χ4n) is 13.0. The van der Waals surface area contributed by atoms with Crippen LogP contribution in [0.15, 0.2) is 28.3 Å². The number of hydrogen-bond donors (Lipinski definition) is 6. The number of methoxy groups -OCH3 is 1. The zero-order chi connectivity index (χ0) is 62.9. The van der Waals surface area contributed by atoms with E-state index in [4.69, 9.17) is 47.5 Å². The maximum atomic E-state index is 14.8. The highest BCUT2D eigenvalue weighted by Crippen LogP contribution is 2.42. The number of carbonyl (C=O) groups is 3. The molecule has 3 fully saturated rings. The number of carboxylic acids is 1. The van der Waals surface area contributed by atoms with Gasteiger partial charge < -0.3 is 92.7 Å². The quantitative estimate of drug-likeness (QED) is 0.0523. The van der Waals surface area contributed by atoms with Crippen LogP contribution in [0.2, 0.25) is 0 Å². The number of esters is 1. The van der Waals surface area contributed by atoms with Crippen molar-refractivity contribution in [2.24, 2.45) is 28.8 Å². The summed E-state index contributed by atoms with van der Waals surface area (Å²) in [7, 11) is 5.19. The number of nitrogens with zero attached hydrogens (tertiary/aromatic N) is 4. The van der Waals surface area contributed by atoms with E-state index in [0.717, 1.165) is 24.2 Å². The summed E-state index contributed by atoms with van der Waals surface area (Å²) in [6.45, 7) is 24.6. The number of rotatable bonds is 22. The number of aliphatic hydroxyl groups is 4. The molecule has 4 aliphatic rings. The predicted molar refractivity (Wildman–Crippen MR) is 314 cm³/mol. The summed E-state index contributed by atoms with van der Waals surface area (Å²) in [5, 5.41) is 66.6. The van der Waals surface area contributed by atoms with Gasteiger partial charge in [0.15, 0.2) is 18.7 Å². The number of amides is 1. The zero-order valence-electron chi connectivity index (χ0n) is 52.7. The van der Waals surface area contributed by atoms with Gasteiger partial charge in [-0.2, -0.15) is 0 Å². The average Bonchev–Trinajstić information content (AvgIpc) is 1.37. The molecule has 24 heteroatoms. The maximum Gasteiger partial charge on any atom is 0.407 e. The predicted octanol–water partition coefficient (Wildman–Crippen LogP) is 4.82. The summed E-state index contributed by atoms with van der Waals surface area (Å²) in [4.78, 5) is 63.1. The normalized spacial score (nSPS) is 35.6. The third kappa shape index (κ3) is 16.7. The minimum atomic E-state index is -2.00. The van der Waals surface area contributed by atoms with Crippen LogP contribution in [0.5, 0.6) is 0 Å². The molecule has 0 radical (unpaired) electrons. The highest BCUT2D eigenvalue weighted by Gasteiger charge is 2.54. The molecular formula is C61H99N5O19. The maximum absolute atomic E-state index is 14.8. The molecule has 6 rings (SSSR count). The van der Waals surface area contributed by atoms with Gasteiger partial charge in [0.25, 0.3) is 0 Å². The number of pyridine rings is 1. The molecule has 85 heavy (non-hydrogen) atoms. The Balaban J connectivity index is 1.20. The molecule has 4 aliphatic heterocycles. The Kier molecular flexibility index (Phi) is 24.8. The summed E-state index contributed by atoms with van der Waals surface area (Å²) in [5.74, 6) is -5.65. The van der Waals surface area contributed by atoms with Crippen LogP contribution in [-0.2, 0) is 72.0 Å². The lowest BCUT2D eigenvalue weighted by atomic mass is 9.73. The fourth-order valence-corrected chi connectivity index (χ4v) is 13.0. The summed E-state index contributed by atoms with van der Waals surface area (Å²) in [6.07, 6.45) is -8.64. The van der Waals surface area contributed by atoms with Gasteiger partial charge in [-0.05, 0) is 112 Å². The summed E-state index contributed by atoms with van der Waals surface area (Å²) in [5.41, 5.74) is -3.26. The lowest BCUT2D eigenvalue weighted by Crippen LogP contribution is -2.61. The highest BCUT2D eigenvalue weighted by atomic mass is 16.7. The van der Waals surface area contributed by atoms with Gasteiger partial charge in [-0.3, -0.25) is 9.59 Å². The Morgan fingerprint density at radius 2 is 1.62 bits per heavy atom. The molecule has 0 bridgehead atoms. The SMILES string of the molecule is CC[C@H]1OC(=O)[C@H](C)[C@@H](O[C@H]2C[C@@](C)(OC)[C@@H](OC(=O)NCCOCCCc3cc4c5c(c3)c(=O)c(C(=O)O)cn5COC4)[C@H](C)O2)[C@H](C)[C@@H](O[C@H]2O[C@@H](C)C[C@@H](N(C)C)[C@@H]2O)[C@](C)(O)C[C@@H](C)/C(=N\OCCN(CC)CC)[C@H](C)[C@@H](O)[C@]1(C)O. The second-order valence-corrected chi connectivity index (χ2v) is 24.7. The molecule has 0 aliphatic carbocycles. The Bertz CT molecular complexity index is 2630. The number of aromatic nitrogens is 1. The van der Waals surface area contributed by atoms with Gasteiger partial charge in [0.2, 0.25) is 5.43 Å². The number of hydrogen-bond acceptors (Lipinski definition) is 21. The Labute approximate surface area is 500 Å². The van der Waals surface area contributed by atoms with Crippen LogP contribution in [-0.4, -0.2) is 215 Å². The molecule has 482 valence electrons. The molecule has 2 aromatic rings. The van der Waals surface area contributed by atoms with Crippen LogP contribution in [0.25, 0.3) is 10.9 Å². The van der Waals surface area contributed by atoms with Gasteiger partial charge >= 0.3 is 18.0 Å². The van der Waals surface area contributed by atoms with Crippen LogP contribution in [0.4, 0.5) is 4.79 Å². The minimum Gasteiger partial charge on any atom is -0.477 e. The second-order valence-electron chi connectivity index (χ2n) is 24.7. The molecule has 0 spiro atoms. The molecule has 6 N–H and O–H groups in total. The fraction of sp³-hybridized carbons (Fsp3) is 0.787. The molecule has 1 amide bonds. The van der Waals surface area contributed by atoms with Gasteiger partial charge in [-0.15, -0.1) is 0 Å². The molecule has 0 unspecified atom stereocenters. The van der Waals surface area contributed by atoms with Gasteiger partial charge in [-0.25, -0.2) is 9.59 Å². The van der Waals surface area contributed by atoms with Crippen molar-refractivity contribution in [1.29, 1.82) is 0 Å². The Morgan fingerprint density at radius 1 is 0.918 bits per heavy atom. The number of carboxylic acid groups (broad SMARTS) is 1. The van der Waals surface area contributed by atoms with Crippen molar-refractivity contribution >= 4 is 34.6 Å². The molecule has 0 saturated carbocycles. The number of aryl methyl sites for hydroxylation is 1. The molecule has 18 atom stereocenters. The first kappa shape index (κ1) is 69.7. The molecule has 5 heterocycles. The number of oxime groups is 1. The first-order chi connectivity index (χ1) is 40.0. The number of benzene rings is 1. The van der Waals surface area contributed by atoms with Crippen molar-refractivity contribution in [1.82, 2.24) is 19.7 Å². The number of carbonyl (C=O) groups excluding carboxylic acids is 2. The minimum absolute atomic E-state index is 0.0155. The molecule has 24 nitrogen and oxygen atoms in total. The number of likely N-dealkylation sites (N-methyl/N-ethyl adjacent to an activating group) is 2. The smallest absolute Gasteiger partial charge is 0.407 e. The first-order valence-electron chi connectivity index (χ1n) is 30.3. The van der Waals surface area contributed by atoms with E-state index in [0.29, 0.717) is 55.6 Å². The van der Waals surface area contributed by atoms with Gasteiger partial charge in [-0.1, -0.05) is 52.8 Å². The van der Waals surface area contributed by atoms with Crippen LogP contribution in [0.3, 0.4) is 0 Å². The average molecular weight is 1210 g/mol. The summed E-state index contributed by atoms with van der Waals surface area (Å²) < 4.78 is 58.1. The van der Waals surface area contributed by atoms with E-state index in [1.165, 1.54) is 20.2 Å². The lowest BCUT2D eigenvalue weighted by Gasteiger charge is -2.49. The summed E-state index contributed by atoms with van der Waals surface area (Å²) >= 11 is 0. The third-order valence-corrected chi connectivity index (χ3v) is 17.9. The second kappa shape index (κ2) is 30.2. The number of nitrogens with one attached hydrogen (secondary N) is 1. The van der Waals surface area contributed by atoms with E-state index in [1.54, 1.807) is 59.1 Å². The molecule has 3 saturated heterocycles. The van der Waals surface area contributed by atoms with Crippen molar-refractivity contribution in [2.75, 3.05) is 67.2 Å². The lowest BCUT2D eigenvalue weighted by molar-refractivity contribution is -0.317. The Hall–Kier alpha value is -4.41. The van der Waals surface area contributed by atoms with E-state index < -0.39 is 119 Å². The number of ether oxygens (including phenoxy) is 9. The Morgan fingerprint density at radius 3 is 2.27 bits per heavy atom. The number of alkyl carbamates (subject to hydrolysis) is 1. The van der Waals surface area contributed by atoms with Crippen molar-refractivity contribution in [2.45, 2.75) is 219 Å². The van der Waals surface area contributed by atoms with Crippen molar-refractivity contribution < 1.29 is 87.4 Å². The van der Waals surface area contributed by atoms with Gasteiger partial charge in [0, 0.05) is 74.2 Å². The molecular weight excluding hydrogens is 1110 g/mol. The first-order valence-corrected chi connectivity index (χ1v) is 30.3. The monoisotopic (exact) mass is 1210 g/mol.